The molecule has 0 radical (unpaired) electrons. The van der Waals surface area contributed by atoms with Crippen molar-refractivity contribution in [3.63, 3.8) is 0 Å². The summed E-state index contributed by atoms with van der Waals surface area (Å²) in [5.74, 6) is 1.70. The van der Waals surface area contributed by atoms with Crippen molar-refractivity contribution in [2.75, 3.05) is 0 Å². The maximum atomic E-state index is 13.1. The van der Waals surface area contributed by atoms with Crippen LogP contribution in [0.4, 0.5) is 0 Å². The van der Waals surface area contributed by atoms with Crippen LogP contribution in [0, 0.1) is 0 Å². The Morgan fingerprint density at radius 3 is 2.26 bits per heavy atom. The third kappa shape index (κ3) is 2.73. The maximum Gasteiger partial charge on any atom is 0.232 e. The molecule has 1 aromatic heterocycles. The largest absolute Gasteiger partial charge is 0.457 e. The minimum atomic E-state index is -0.407. The SMILES string of the molecule is O=C(NCc1nc2ccccc2[nH]1)C1c2ccccc2Oc2ccccc21. The van der Waals surface area contributed by atoms with E-state index in [1.54, 1.807) is 0 Å². The Kier molecular flexibility index (Phi) is 3.64. The van der Waals surface area contributed by atoms with Gasteiger partial charge in [-0.25, -0.2) is 4.98 Å². The third-order valence-corrected chi connectivity index (χ3v) is 4.81. The van der Waals surface area contributed by atoms with Gasteiger partial charge in [-0.1, -0.05) is 48.5 Å². The number of para-hydroxylation sites is 4. The summed E-state index contributed by atoms with van der Waals surface area (Å²) in [5, 5.41) is 3.02. The summed E-state index contributed by atoms with van der Waals surface area (Å²) >= 11 is 0. The van der Waals surface area contributed by atoms with E-state index in [2.05, 4.69) is 15.3 Å². The average molecular weight is 355 g/mol. The van der Waals surface area contributed by atoms with Crippen molar-refractivity contribution in [3.05, 3.63) is 89.7 Å². The predicted molar refractivity (Wildman–Crippen MR) is 103 cm³/mol. The van der Waals surface area contributed by atoms with Gasteiger partial charge < -0.3 is 15.0 Å². The second kappa shape index (κ2) is 6.29. The second-order valence-corrected chi connectivity index (χ2v) is 6.53. The number of carbonyl (C=O) groups excluding carboxylic acids is 1. The Morgan fingerprint density at radius 1 is 0.926 bits per heavy atom. The standard InChI is InChI=1S/C22H17N3O2/c26-22(23-13-20-24-16-9-3-4-10-17(16)25-20)21-14-7-1-5-11-18(14)27-19-12-6-2-8-15(19)21/h1-12,21H,13H2,(H,23,26)(H,24,25). The first-order valence-corrected chi connectivity index (χ1v) is 8.86. The smallest absolute Gasteiger partial charge is 0.232 e. The van der Waals surface area contributed by atoms with E-state index in [4.69, 9.17) is 4.74 Å². The number of fused-ring (bicyclic) bond motifs is 3. The van der Waals surface area contributed by atoms with Gasteiger partial charge in [0.25, 0.3) is 0 Å². The molecule has 5 heteroatoms. The van der Waals surface area contributed by atoms with Gasteiger partial charge >= 0.3 is 0 Å². The molecule has 4 aromatic rings. The molecule has 0 spiro atoms. The number of nitrogens with zero attached hydrogens (tertiary/aromatic N) is 1. The average Bonchev–Trinajstić information content (AvgIpc) is 3.13. The molecule has 1 amide bonds. The molecule has 0 fully saturated rings. The van der Waals surface area contributed by atoms with Crippen LogP contribution in [0.25, 0.3) is 11.0 Å². The Morgan fingerprint density at radius 2 is 1.56 bits per heavy atom. The summed E-state index contributed by atoms with van der Waals surface area (Å²) < 4.78 is 5.96. The zero-order chi connectivity index (χ0) is 18.2. The molecule has 0 saturated carbocycles. The lowest BCUT2D eigenvalue weighted by Crippen LogP contribution is -2.31. The van der Waals surface area contributed by atoms with Crippen LogP contribution in [0.1, 0.15) is 22.9 Å². The van der Waals surface area contributed by atoms with Crippen molar-refractivity contribution in [1.29, 1.82) is 0 Å². The van der Waals surface area contributed by atoms with Crippen LogP contribution >= 0.6 is 0 Å². The minimum Gasteiger partial charge on any atom is -0.457 e. The van der Waals surface area contributed by atoms with Crippen LogP contribution in [0.5, 0.6) is 11.5 Å². The van der Waals surface area contributed by atoms with E-state index in [0.29, 0.717) is 6.54 Å². The molecule has 27 heavy (non-hydrogen) atoms. The lowest BCUT2D eigenvalue weighted by atomic mass is 9.87. The van der Waals surface area contributed by atoms with Crippen molar-refractivity contribution >= 4 is 16.9 Å². The molecule has 0 aliphatic carbocycles. The second-order valence-electron chi connectivity index (χ2n) is 6.53. The maximum absolute atomic E-state index is 13.1. The van der Waals surface area contributed by atoms with Crippen LogP contribution in [0.2, 0.25) is 0 Å². The number of benzene rings is 3. The normalized spacial score (nSPS) is 12.9. The van der Waals surface area contributed by atoms with Crippen LogP contribution < -0.4 is 10.1 Å². The zero-order valence-corrected chi connectivity index (χ0v) is 14.5. The fraction of sp³-hybridized carbons (Fsp3) is 0.0909. The number of hydrogen-bond acceptors (Lipinski definition) is 3. The van der Waals surface area contributed by atoms with Crippen LogP contribution in [-0.2, 0) is 11.3 Å². The summed E-state index contributed by atoms with van der Waals surface area (Å²) in [5.41, 5.74) is 3.60. The molecule has 0 bridgehead atoms. The fourth-order valence-corrected chi connectivity index (χ4v) is 3.55. The lowest BCUT2D eigenvalue weighted by molar-refractivity contribution is -0.122. The Labute approximate surface area is 156 Å². The van der Waals surface area contributed by atoms with Gasteiger partial charge in [-0.2, -0.15) is 0 Å². The molecule has 0 unspecified atom stereocenters. The first-order valence-electron chi connectivity index (χ1n) is 8.86. The number of rotatable bonds is 3. The van der Waals surface area contributed by atoms with E-state index in [-0.39, 0.29) is 5.91 Å². The number of nitrogens with one attached hydrogen (secondary N) is 2. The van der Waals surface area contributed by atoms with Crippen molar-refractivity contribution < 1.29 is 9.53 Å². The third-order valence-electron chi connectivity index (χ3n) is 4.81. The van der Waals surface area contributed by atoms with Gasteiger partial charge in [-0.3, -0.25) is 4.79 Å². The number of hydrogen-bond donors (Lipinski definition) is 2. The predicted octanol–water partition coefficient (Wildman–Crippen LogP) is 4.12. The molecule has 2 heterocycles. The van der Waals surface area contributed by atoms with E-state index in [9.17, 15) is 4.79 Å². The topological polar surface area (TPSA) is 67.0 Å². The summed E-state index contributed by atoms with van der Waals surface area (Å²) in [4.78, 5) is 20.9. The van der Waals surface area contributed by atoms with Gasteiger partial charge in [-0.05, 0) is 24.3 Å². The molecular formula is C22H17N3O2. The Bertz CT molecular complexity index is 1070. The molecule has 1 aliphatic rings. The zero-order valence-electron chi connectivity index (χ0n) is 14.5. The van der Waals surface area contributed by atoms with Crippen LogP contribution in [0.3, 0.4) is 0 Å². The number of amides is 1. The van der Waals surface area contributed by atoms with Gasteiger partial charge in [0.1, 0.15) is 17.3 Å². The van der Waals surface area contributed by atoms with Crippen molar-refractivity contribution in [2.45, 2.75) is 12.5 Å². The van der Waals surface area contributed by atoms with Crippen molar-refractivity contribution in [2.24, 2.45) is 0 Å². The molecule has 5 nitrogen and oxygen atoms in total. The summed E-state index contributed by atoms with van der Waals surface area (Å²) in [7, 11) is 0. The highest BCUT2D eigenvalue weighted by molar-refractivity contribution is 5.89. The van der Waals surface area contributed by atoms with E-state index in [1.165, 1.54) is 0 Å². The van der Waals surface area contributed by atoms with E-state index in [1.807, 2.05) is 72.8 Å². The molecule has 0 saturated heterocycles. The highest BCUT2D eigenvalue weighted by atomic mass is 16.5. The molecule has 1 aliphatic heterocycles. The van der Waals surface area contributed by atoms with E-state index < -0.39 is 5.92 Å². The van der Waals surface area contributed by atoms with Crippen LogP contribution in [-0.4, -0.2) is 15.9 Å². The number of ether oxygens (including phenoxy) is 1. The van der Waals surface area contributed by atoms with E-state index in [0.717, 1.165) is 39.5 Å². The summed E-state index contributed by atoms with van der Waals surface area (Å²) in [6, 6.07) is 23.2. The van der Waals surface area contributed by atoms with Crippen molar-refractivity contribution in [3.8, 4) is 11.5 Å². The summed E-state index contributed by atoms with van der Waals surface area (Å²) in [6.07, 6.45) is 0. The minimum absolute atomic E-state index is 0.0707. The number of aromatic nitrogens is 2. The summed E-state index contributed by atoms with van der Waals surface area (Å²) in [6.45, 7) is 0.342. The number of H-pyrrole nitrogens is 1. The molecule has 132 valence electrons. The Balaban J connectivity index is 1.44. The molecular weight excluding hydrogens is 338 g/mol. The quantitative estimate of drug-likeness (QED) is 0.581. The Hall–Kier alpha value is -3.60. The molecule has 3 aromatic carbocycles. The van der Waals surface area contributed by atoms with Gasteiger partial charge in [0, 0.05) is 11.1 Å². The number of aromatic amines is 1. The molecule has 5 rings (SSSR count). The van der Waals surface area contributed by atoms with Crippen molar-refractivity contribution in [1.82, 2.24) is 15.3 Å². The van der Waals surface area contributed by atoms with Gasteiger partial charge in [0.2, 0.25) is 5.91 Å². The number of imidazole rings is 1. The van der Waals surface area contributed by atoms with Gasteiger partial charge in [0.15, 0.2) is 0 Å². The monoisotopic (exact) mass is 355 g/mol. The highest BCUT2D eigenvalue weighted by Gasteiger charge is 2.32. The van der Waals surface area contributed by atoms with Gasteiger partial charge in [0.05, 0.1) is 23.5 Å². The first kappa shape index (κ1) is 15.6. The fourth-order valence-electron chi connectivity index (χ4n) is 3.55. The van der Waals surface area contributed by atoms with Crippen LogP contribution in [0.15, 0.2) is 72.8 Å². The number of carbonyl (C=O) groups is 1. The highest BCUT2D eigenvalue weighted by Crippen LogP contribution is 2.43. The lowest BCUT2D eigenvalue weighted by Gasteiger charge is -2.27. The molecule has 2 N–H and O–H groups in total. The van der Waals surface area contributed by atoms with Gasteiger partial charge in [-0.15, -0.1) is 0 Å². The molecule has 0 atom stereocenters. The van der Waals surface area contributed by atoms with E-state index >= 15 is 0 Å². The first-order chi connectivity index (χ1) is 13.3.